The van der Waals surface area contributed by atoms with Crippen molar-refractivity contribution in [2.24, 2.45) is 11.8 Å². The van der Waals surface area contributed by atoms with E-state index in [1.165, 1.54) is 31.2 Å². The highest BCUT2D eigenvalue weighted by Crippen LogP contribution is 2.39. The highest BCUT2D eigenvalue weighted by atomic mass is 19.4. The third-order valence-corrected chi connectivity index (χ3v) is 6.39. The Morgan fingerprint density at radius 2 is 1.66 bits per heavy atom. The molecule has 0 aliphatic heterocycles. The van der Waals surface area contributed by atoms with Crippen molar-refractivity contribution in [3.05, 3.63) is 65.0 Å². The molecule has 1 aliphatic carbocycles. The van der Waals surface area contributed by atoms with E-state index < -0.39 is 54.2 Å². The van der Waals surface area contributed by atoms with Gasteiger partial charge in [0.1, 0.15) is 5.69 Å². The van der Waals surface area contributed by atoms with Crippen molar-refractivity contribution in [3.63, 3.8) is 0 Å². The molecular weight excluding hydrogens is 471 g/mol. The number of pyridine rings is 1. The zero-order valence-electron chi connectivity index (χ0n) is 19.2. The number of halogens is 5. The first kappa shape index (κ1) is 26.6. The van der Waals surface area contributed by atoms with E-state index in [1.54, 1.807) is 6.07 Å². The highest BCUT2D eigenvalue weighted by Gasteiger charge is 2.42. The van der Waals surface area contributed by atoms with E-state index in [0.717, 1.165) is 12.1 Å². The Morgan fingerprint density at radius 3 is 2.23 bits per heavy atom. The van der Waals surface area contributed by atoms with Crippen molar-refractivity contribution >= 4 is 11.9 Å². The maximum atomic E-state index is 15.1. The van der Waals surface area contributed by atoms with E-state index in [9.17, 15) is 22.8 Å². The Kier molecular flexibility index (Phi) is 8.12. The van der Waals surface area contributed by atoms with Gasteiger partial charge in [0.05, 0.1) is 12.5 Å². The zero-order valence-corrected chi connectivity index (χ0v) is 19.2. The van der Waals surface area contributed by atoms with E-state index >= 15 is 8.78 Å². The lowest BCUT2D eigenvalue weighted by molar-refractivity contribution is -0.228. The van der Waals surface area contributed by atoms with Crippen LogP contribution in [0, 0.1) is 18.8 Å². The van der Waals surface area contributed by atoms with Gasteiger partial charge in [-0.2, -0.15) is 0 Å². The lowest BCUT2D eigenvalue weighted by Gasteiger charge is -2.28. The molecule has 1 aromatic heterocycles. The summed E-state index contributed by atoms with van der Waals surface area (Å²) < 4.78 is 71.1. The molecule has 0 saturated heterocycles. The third-order valence-electron chi connectivity index (χ3n) is 6.39. The van der Waals surface area contributed by atoms with Gasteiger partial charge in [0.15, 0.2) is 0 Å². The van der Waals surface area contributed by atoms with Gasteiger partial charge in [0.2, 0.25) is 0 Å². The largest absolute Gasteiger partial charge is 0.487 e. The van der Waals surface area contributed by atoms with E-state index in [1.807, 2.05) is 0 Å². The molecule has 35 heavy (non-hydrogen) atoms. The Hall–Kier alpha value is -3.04. The summed E-state index contributed by atoms with van der Waals surface area (Å²) in [6.45, 7) is 0.572. The van der Waals surface area contributed by atoms with Crippen molar-refractivity contribution in [2.75, 3.05) is 0 Å². The zero-order chi connectivity index (χ0) is 25.8. The number of hydrogen-bond acceptors (Lipinski definition) is 3. The molecule has 0 bridgehead atoms. The van der Waals surface area contributed by atoms with Crippen LogP contribution in [0.2, 0.25) is 0 Å². The van der Waals surface area contributed by atoms with Crippen molar-refractivity contribution < 1.29 is 36.6 Å². The Balaban J connectivity index is 1.76. The van der Waals surface area contributed by atoms with Crippen LogP contribution in [0.1, 0.15) is 65.8 Å². The predicted octanol–water partition coefficient (Wildman–Crippen LogP) is 6.32. The summed E-state index contributed by atoms with van der Waals surface area (Å²) in [6, 6.07) is 9.36. The van der Waals surface area contributed by atoms with Crippen LogP contribution in [0.3, 0.4) is 0 Å². The molecule has 1 amide bonds. The SMILES string of the molecule is Cc1cc(C(F)(F)CCC2CCC(C(=O)O)CC2)cc(C(=O)N(Cc2ccccc2)C(F)(F)F)n1. The number of aromatic nitrogens is 1. The number of alkyl halides is 5. The fraction of sp³-hybridized carbons (Fsp3) is 0.480. The molecule has 0 spiro atoms. The van der Waals surface area contributed by atoms with E-state index in [2.05, 4.69) is 4.98 Å². The molecule has 1 aliphatic rings. The number of carbonyl (C=O) groups is 2. The Labute approximate surface area is 200 Å². The first-order chi connectivity index (χ1) is 16.4. The quantitative estimate of drug-likeness (QED) is 0.342. The number of aliphatic carboxylic acids is 1. The summed E-state index contributed by atoms with van der Waals surface area (Å²) in [6.07, 6.45) is -3.50. The summed E-state index contributed by atoms with van der Waals surface area (Å²) >= 11 is 0. The molecule has 2 aromatic rings. The number of benzene rings is 1. The lowest BCUT2D eigenvalue weighted by Crippen LogP contribution is -2.42. The Morgan fingerprint density at radius 1 is 1.03 bits per heavy atom. The van der Waals surface area contributed by atoms with Crippen LogP contribution >= 0.6 is 0 Å². The smallest absolute Gasteiger partial charge is 0.481 e. The molecule has 1 heterocycles. The number of carboxylic acids is 1. The van der Waals surface area contributed by atoms with Gasteiger partial charge in [-0.1, -0.05) is 30.3 Å². The fourth-order valence-corrected chi connectivity index (χ4v) is 4.40. The van der Waals surface area contributed by atoms with Crippen molar-refractivity contribution in [2.45, 2.75) is 64.2 Å². The molecule has 0 unspecified atom stereocenters. The molecule has 10 heteroatoms. The number of carboxylic acid groups (broad SMARTS) is 1. The normalized spacial score (nSPS) is 18.8. The molecule has 3 rings (SSSR count). The van der Waals surface area contributed by atoms with E-state index in [-0.39, 0.29) is 28.5 Å². The van der Waals surface area contributed by atoms with Crippen LogP contribution in [0.25, 0.3) is 0 Å². The summed E-state index contributed by atoms with van der Waals surface area (Å²) in [4.78, 5) is 27.3. The molecule has 1 fully saturated rings. The number of rotatable bonds is 8. The van der Waals surface area contributed by atoms with Gasteiger partial charge >= 0.3 is 12.3 Å². The molecule has 1 saturated carbocycles. The highest BCUT2D eigenvalue weighted by molar-refractivity contribution is 5.92. The van der Waals surface area contributed by atoms with Crippen molar-refractivity contribution in [1.29, 1.82) is 0 Å². The van der Waals surface area contributed by atoms with Crippen LogP contribution in [-0.4, -0.2) is 33.2 Å². The van der Waals surface area contributed by atoms with Gasteiger partial charge in [-0.15, -0.1) is 13.2 Å². The number of hydrogen-bond donors (Lipinski definition) is 1. The van der Waals surface area contributed by atoms with E-state index in [4.69, 9.17) is 5.11 Å². The van der Waals surface area contributed by atoms with Gasteiger partial charge in [0, 0.05) is 17.7 Å². The lowest BCUT2D eigenvalue weighted by atomic mass is 9.79. The summed E-state index contributed by atoms with van der Waals surface area (Å²) in [5.74, 6) is -6.26. The van der Waals surface area contributed by atoms with Gasteiger partial charge in [-0.3, -0.25) is 9.59 Å². The molecular formula is C25H27F5N2O3. The standard InChI is InChI=1S/C25H27F5N2O3/c1-16-13-20(24(26,27)12-11-17-7-9-19(10-8-17)23(34)35)14-21(31-16)22(33)32(25(28,29)30)15-18-5-3-2-4-6-18/h2-6,13-14,17,19H,7-12,15H2,1H3,(H,34,35). The minimum Gasteiger partial charge on any atom is -0.481 e. The number of carbonyl (C=O) groups excluding carboxylic acids is 1. The van der Waals surface area contributed by atoms with Crippen LogP contribution in [-0.2, 0) is 17.3 Å². The van der Waals surface area contributed by atoms with Crippen molar-refractivity contribution in [3.8, 4) is 0 Å². The van der Waals surface area contributed by atoms with Gasteiger partial charge < -0.3 is 5.11 Å². The predicted molar refractivity (Wildman–Crippen MR) is 118 cm³/mol. The second-order valence-corrected chi connectivity index (χ2v) is 9.03. The first-order valence-electron chi connectivity index (χ1n) is 11.4. The van der Waals surface area contributed by atoms with Gasteiger partial charge in [0.25, 0.3) is 11.8 Å². The monoisotopic (exact) mass is 498 g/mol. The topological polar surface area (TPSA) is 70.5 Å². The van der Waals surface area contributed by atoms with Crippen LogP contribution in [0.15, 0.2) is 42.5 Å². The number of aryl methyl sites for hydroxylation is 1. The third kappa shape index (κ3) is 6.99. The second-order valence-electron chi connectivity index (χ2n) is 9.03. The average Bonchev–Trinajstić information content (AvgIpc) is 2.80. The van der Waals surface area contributed by atoms with Crippen molar-refractivity contribution in [1.82, 2.24) is 9.88 Å². The first-order valence-corrected chi connectivity index (χ1v) is 11.4. The minimum absolute atomic E-state index is 0.00864. The average molecular weight is 498 g/mol. The molecule has 0 atom stereocenters. The molecule has 5 nitrogen and oxygen atoms in total. The molecule has 1 N–H and O–H groups in total. The second kappa shape index (κ2) is 10.7. The maximum absolute atomic E-state index is 15.1. The van der Waals surface area contributed by atoms with Crippen LogP contribution < -0.4 is 0 Å². The number of amides is 1. The summed E-state index contributed by atoms with van der Waals surface area (Å²) in [5.41, 5.74) is -1.02. The number of nitrogens with zero attached hydrogens (tertiary/aromatic N) is 2. The Bertz CT molecular complexity index is 1040. The van der Waals surface area contributed by atoms with Crippen LogP contribution in [0.4, 0.5) is 22.0 Å². The van der Waals surface area contributed by atoms with Gasteiger partial charge in [-0.25, -0.2) is 18.7 Å². The summed E-state index contributed by atoms with van der Waals surface area (Å²) in [7, 11) is 0. The molecule has 0 radical (unpaired) electrons. The van der Waals surface area contributed by atoms with E-state index in [0.29, 0.717) is 25.7 Å². The molecule has 190 valence electrons. The minimum atomic E-state index is -5.03. The molecule has 1 aromatic carbocycles. The fourth-order valence-electron chi connectivity index (χ4n) is 4.40. The van der Waals surface area contributed by atoms with Crippen LogP contribution in [0.5, 0.6) is 0 Å². The maximum Gasteiger partial charge on any atom is 0.487 e. The summed E-state index contributed by atoms with van der Waals surface area (Å²) in [5, 5.41) is 9.07. The van der Waals surface area contributed by atoms with Gasteiger partial charge in [-0.05, 0) is 62.6 Å².